The number of benzene rings is 4. The molecule has 1 N–H and O–H groups in total. The Morgan fingerprint density at radius 2 is 1.44 bits per heavy atom. The fourth-order valence-corrected chi connectivity index (χ4v) is 3.17. The van der Waals surface area contributed by atoms with Gasteiger partial charge in [-0.25, -0.2) is 0 Å². The molecule has 3 nitrogen and oxygen atoms in total. The lowest BCUT2D eigenvalue weighted by molar-refractivity contribution is 0.306. The fraction of sp³-hybridized carbons (Fsp3) is 0.0455. The first-order chi connectivity index (χ1) is 12.4. The maximum Gasteiger partial charge on any atom is 0.129 e. The molecule has 122 valence electrons. The molecule has 0 saturated heterocycles. The first-order valence-electron chi connectivity index (χ1n) is 8.15. The van der Waals surface area contributed by atoms with Crippen LogP contribution in [-0.2, 0) is 6.61 Å². The molecule has 0 bridgehead atoms. The molecular weight excluding hydrogens is 310 g/mol. The van der Waals surface area contributed by atoms with Crippen molar-refractivity contribution in [2.75, 3.05) is 0 Å². The highest BCUT2D eigenvalue weighted by Gasteiger charge is 2.08. The number of hydrogen-bond donors (Lipinski definition) is 1. The number of hydrogen-bond acceptors (Lipinski definition) is 3. The molecule has 0 amide bonds. The van der Waals surface area contributed by atoms with Gasteiger partial charge < -0.3 is 9.94 Å². The zero-order chi connectivity index (χ0) is 17.1. The van der Waals surface area contributed by atoms with Crippen molar-refractivity contribution in [1.29, 1.82) is 0 Å². The Morgan fingerprint density at radius 1 is 0.760 bits per heavy atom. The van der Waals surface area contributed by atoms with Gasteiger partial charge in [-0.15, -0.1) is 0 Å². The molecule has 0 heterocycles. The van der Waals surface area contributed by atoms with Crippen LogP contribution in [0.25, 0.3) is 21.5 Å². The maximum absolute atomic E-state index is 9.04. The number of oxime groups is 1. The highest BCUT2D eigenvalue weighted by Crippen LogP contribution is 2.28. The van der Waals surface area contributed by atoms with E-state index >= 15 is 0 Å². The van der Waals surface area contributed by atoms with Gasteiger partial charge in [-0.1, -0.05) is 78.0 Å². The molecule has 25 heavy (non-hydrogen) atoms. The van der Waals surface area contributed by atoms with E-state index in [1.165, 1.54) is 17.0 Å². The van der Waals surface area contributed by atoms with E-state index in [0.29, 0.717) is 12.4 Å². The zero-order valence-corrected chi connectivity index (χ0v) is 13.6. The summed E-state index contributed by atoms with van der Waals surface area (Å²) >= 11 is 0. The van der Waals surface area contributed by atoms with Crippen LogP contribution < -0.4 is 4.74 Å². The molecule has 0 saturated carbocycles. The van der Waals surface area contributed by atoms with Gasteiger partial charge in [0.15, 0.2) is 0 Å². The second kappa shape index (κ2) is 6.65. The van der Waals surface area contributed by atoms with Gasteiger partial charge in [-0.2, -0.15) is 0 Å². The van der Waals surface area contributed by atoms with Gasteiger partial charge in [0.2, 0.25) is 0 Å². The summed E-state index contributed by atoms with van der Waals surface area (Å²) in [4.78, 5) is 0. The Bertz CT molecular complexity index is 1060. The average molecular weight is 327 g/mol. The van der Waals surface area contributed by atoms with E-state index in [2.05, 4.69) is 29.4 Å². The van der Waals surface area contributed by atoms with Crippen molar-refractivity contribution < 1.29 is 9.94 Å². The highest BCUT2D eigenvalue weighted by atomic mass is 16.5. The third kappa shape index (κ3) is 2.92. The largest absolute Gasteiger partial charge is 0.488 e. The van der Waals surface area contributed by atoms with Crippen LogP contribution in [0, 0.1) is 0 Å². The van der Waals surface area contributed by atoms with E-state index in [4.69, 9.17) is 9.94 Å². The Balaban J connectivity index is 1.72. The van der Waals surface area contributed by atoms with Gasteiger partial charge in [-0.05, 0) is 33.2 Å². The minimum Gasteiger partial charge on any atom is -0.488 e. The van der Waals surface area contributed by atoms with Crippen molar-refractivity contribution in [3.63, 3.8) is 0 Å². The molecular formula is C22H17NO2. The van der Waals surface area contributed by atoms with Crippen molar-refractivity contribution in [2.24, 2.45) is 5.16 Å². The summed E-state index contributed by atoms with van der Waals surface area (Å²) in [6.07, 6.45) is 1.43. The molecule has 4 rings (SSSR count). The van der Waals surface area contributed by atoms with Crippen molar-refractivity contribution in [3.05, 3.63) is 90.0 Å². The van der Waals surface area contributed by atoms with Gasteiger partial charge >= 0.3 is 0 Å². The lowest BCUT2D eigenvalue weighted by Crippen LogP contribution is -2.00. The molecule has 0 radical (unpaired) electrons. The van der Waals surface area contributed by atoms with Crippen molar-refractivity contribution in [1.82, 2.24) is 0 Å². The normalized spacial score (nSPS) is 11.4. The first-order valence-corrected chi connectivity index (χ1v) is 8.15. The van der Waals surface area contributed by atoms with Gasteiger partial charge in [0.05, 0.1) is 6.21 Å². The quantitative estimate of drug-likeness (QED) is 0.310. The van der Waals surface area contributed by atoms with E-state index < -0.39 is 0 Å². The monoisotopic (exact) mass is 327 g/mol. The van der Waals surface area contributed by atoms with E-state index in [-0.39, 0.29) is 0 Å². The second-order valence-corrected chi connectivity index (χ2v) is 5.87. The van der Waals surface area contributed by atoms with Crippen LogP contribution in [0.3, 0.4) is 0 Å². The van der Waals surface area contributed by atoms with E-state index in [1.54, 1.807) is 0 Å². The third-order valence-corrected chi connectivity index (χ3v) is 4.38. The fourth-order valence-electron chi connectivity index (χ4n) is 3.17. The molecule has 0 aliphatic carbocycles. The minimum atomic E-state index is 0.450. The number of rotatable bonds is 4. The zero-order valence-electron chi connectivity index (χ0n) is 13.6. The molecule has 0 spiro atoms. The molecule has 4 aromatic rings. The summed E-state index contributed by atoms with van der Waals surface area (Å²) in [5, 5.41) is 16.7. The molecule has 0 unspecified atom stereocenters. The van der Waals surface area contributed by atoms with E-state index in [9.17, 15) is 0 Å². The molecule has 0 fully saturated rings. The summed E-state index contributed by atoms with van der Waals surface area (Å²) in [5.41, 5.74) is 1.90. The molecule has 0 aliphatic heterocycles. The predicted octanol–water partition coefficient (Wildman–Crippen LogP) is 5.38. The van der Waals surface area contributed by atoms with E-state index in [0.717, 1.165) is 21.9 Å². The minimum absolute atomic E-state index is 0.450. The number of nitrogens with zero attached hydrogens (tertiary/aromatic N) is 1. The van der Waals surface area contributed by atoms with Crippen molar-refractivity contribution in [3.8, 4) is 5.75 Å². The third-order valence-electron chi connectivity index (χ3n) is 4.38. The molecule has 4 aromatic carbocycles. The summed E-state index contributed by atoms with van der Waals surface area (Å²) in [6.45, 7) is 0.450. The second-order valence-electron chi connectivity index (χ2n) is 5.87. The van der Waals surface area contributed by atoms with Crippen LogP contribution >= 0.6 is 0 Å². The van der Waals surface area contributed by atoms with Crippen molar-refractivity contribution >= 4 is 27.8 Å². The smallest absolute Gasteiger partial charge is 0.129 e. The lowest BCUT2D eigenvalue weighted by Gasteiger charge is -2.13. The summed E-state index contributed by atoms with van der Waals surface area (Å²) in [6, 6.07) is 26.4. The Kier molecular flexibility index (Phi) is 4.05. The molecule has 0 aromatic heterocycles. The van der Waals surface area contributed by atoms with Gasteiger partial charge in [-0.3, -0.25) is 0 Å². The Morgan fingerprint density at radius 3 is 2.24 bits per heavy atom. The molecule has 0 aliphatic rings. The summed E-state index contributed by atoms with van der Waals surface area (Å²) in [5.74, 6) is 0.699. The first kappa shape index (κ1) is 15.2. The van der Waals surface area contributed by atoms with Crippen LogP contribution in [0.5, 0.6) is 5.75 Å². The number of ether oxygens (including phenoxy) is 1. The standard InChI is InChI=1S/C22H17NO2/c24-23-14-21-20-11-4-2-7-17(20)12-13-22(21)25-15-18-9-5-8-16-6-1-3-10-19(16)18/h1-14,24H,15H2/b23-14-. The van der Waals surface area contributed by atoms with Gasteiger partial charge in [0.1, 0.15) is 12.4 Å². The average Bonchev–Trinajstić information content (AvgIpc) is 2.67. The molecule has 3 heteroatoms. The molecule has 0 atom stereocenters. The van der Waals surface area contributed by atoms with Crippen LogP contribution in [0.4, 0.5) is 0 Å². The summed E-state index contributed by atoms with van der Waals surface area (Å²) < 4.78 is 6.09. The van der Waals surface area contributed by atoms with Crippen LogP contribution in [0.2, 0.25) is 0 Å². The van der Waals surface area contributed by atoms with Crippen LogP contribution in [-0.4, -0.2) is 11.4 Å². The van der Waals surface area contributed by atoms with Gasteiger partial charge in [0, 0.05) is 5.56 Å². The van der Waals surface area contributed by atoms with Crippen molar-refractivity contribution in [2.45, 2.75) is 6.61 Å². The SMILES string of the molecule is O/N=C\c1c(OCc2cccc3ccccc23)ccc2ccccc12. The van der Waals surface area contributed by atoms with Gasteiger partial charge in [0.25, 0.3) is 0 Å². The van der Waals surface area contributed by atoms with Crippen LogP contribution in [0.15, 0.2) is 84.0 Å². The summed E-state index contributed by atoms with van der Waals surface area (Å²) in [7, 11) is 0. The topological polar surface area (TPSA) is 41.8 Å². The maximum atomic E-state index is 9.04. The Hall–Kier alpha value is -3.33. The van der Waals surface area contributed by atoms with Crippen LogP contribution in [0.1, 0.15) is 11.1 Å². The Labute approximate surface area is 145 Å². The lowest BCUT2D eigenvalue weighted by atomic mass is 10.0. The highest BCUT2D eigenvalue weighted by molar-refractivity contribution is 6.02. The number of fused-ring (bicyclic) bond motifs is 2. The van der Waals surface area contributed by atoms with E-state index in [1.807, 2.05) is 54.6 Å². The predicted molar refractivity (Wildman–Crippen MR) is 102 cm³/mol.